The zero-order valence-electron chi connectivity index (χ0n) is 20.2. The van der Waals surface area contributed by atoms with Gasteiger partial charge in [0.25, 0.3) is 0 Å². The van der Waals surface area contributed by atoms with Crippen molar-refractivity contribution in [3.05, 3.63) is 102 Å². The molecule has 200 valence electrons. The maximum absolute atomic E-state index is 9.75. The number of nitrogens with zero attached hydrogens (tertiary/aromatic N) is 1. The number of likely N-dealkylation sites (tertiary alicyclic amines) is 1. The second-order valence-corrected chi connectivity index (χ2v) is 10.2. The molecule has 0 bridgehead atoms. The van der Waals surface area contributed by atoms with E-state index in [1.807, 2.05) is 36.4 Å². The van der Waals surface area contributed by atoms with E-state index in [-0.39, 0.29) is 36.9 Å². The number of ether oxygens (including phenoxy) is 4. The van der Waals surface area contributed by atoms with Crippen LogP contribution in [0.1, 0.15) is 29.3 Å². The van der Waals surface area contributed by atoms with E-state index >= 15 is 0 Å². The van der Waals surface area contributed by atoms with Gasteiger partial charge in [-0.05, 0) is 0 Å². The van der Waals surface area contributed by atoms with Crippen LogP contribution in [-0.2, 0) is 25.5 Å². The third-order valence-corrected chi connectivity index (χ3v) is 7.64. The molecule has 0 saturated carbocycles. The van der Waals surface area contributed by atoms with Gasteiger partial charge in [-0.25, -0.2) is 0 Å². The van der Waals surface area contributed by atoms with Gasteiger partial charge in [0, 0.05) is 0 Å². The van der Waals surface area contributed by atoms with Crippen LogP contribution in [0.4, 0.5) is 17.3 Å². The number of fused-ring (bicyclic) bond motifs is 3. The summed E-state index contributed by atoms with van der Waals surface area (Å²) in [4.78, 5) is 2.45. The van der Waals surface area contributed by atoms with E-state index in [0.717, 1.165) is 22.1 Å². The van der Waals surface area contributed by atoms with Gasteiger partial charge in [-0.15, -0.1) is 0 Å². The summed E-state index contributed by atoms with van der Waals surface area (Å²) in [6, 6.07) is 28.9. The van der Waals surface area contributed by atoms with E-state index < -0.39 is 7.25 Å². The van der Waals surface area contributed by atoms with Gasteiger partial charge in [0.05, 0.1) is 0 Å². The molecule has 3 fully saturated rings. The molecule has 0 aromatic heterocycles. The van der Waals surface area contributed by atoms with Crippen LogP contribution >= 0.6 is 0 Å². The SMILES string of the molecule is F[B-](F)(F)F.[Se+]c1ccccc1CN1[C@H]2COC(c3ccccc3)O[C@H]2[C@@H]2OC(c3ccccc3)OC[C@@H]21. The van der Waals surface area contributed by atoms with Crippen LogP contribution in [0.15, 0.2) is 84.9 Å². The second kappa shape index (κ2) is 11.9. The minimum atomic E-state index is -6.00. The van der Waals surface area contributed by atoms with Crippen LogP contribution in [0.3, 0.4) is 0 Å². The number of halogens is 4. The first-order valence-electron chi connectivity index (χ1n) is 12.3. The zero-order chi connectivity index (χ0) is 26.7. The first-order chi connectivity index (χ1) is 18.3. The minimum absolute atomic E-state index is 0.0951. The third kappa shape index (κ3) is 6.48. The Hall–Kier alpha value is -2.24. The molecule has 6 atom stereocenters. The molecule has 38 heavy (non-hydrogen) atoms. The quantitative estimate of drug-likeness (QED) is 0.328. The molecule has 2 unspecified atom stereocenters. The Morgan fingerprint density at radius 2 is 1.11 bits per heavy atom. The number of hydrogen-bond acceptors (Lipinski definition) is 5. The predicted molar refractivity (Wildman–Crippen MR) is 135 cm³/mol. The summed E-state index contributed by atoms with van der Waals surface area (Å²) in [6.45, 7) is 1.97. The molecule has 0 spiro atoms. The van der Waals surface area contributed by atoms with Crippen molar-refractivity contribution in [2.45, 2.75) is 43.4 Å². The molecule has 3 aliphatic rings. The molecule has 3 aromatic rings. The molecule has 0 amide bonds. The Bertz CT molecular complexity index is 1120. The summed E-state index contributed by atoms with van der Waals surface area (Å²) < 4.78 is 65.8. The van der Waals surface area contributed by atoms with Crippen molar-refractivity contribution in [3.8, 4) is 0 Å². The number of rotatable bonds is 4. The van der Waals surface area contributed by atoms with Crippen molar-refractivity contribution >= 4 is 27.7 Å². The van der Waals surface area contributed by atoms with Crippen LogP contribution in [0.5, 0.6) is 0 Å². The van der Waals surface area contributed by atoms with Gasteiger partial charge in [0.1, 0.15) is 0 Å². The molecule has 11 heteroatoms. The summed E-state index contributed by atoms with van der Waals surface area (Å²) in [5, 5.41) is 0. The summed E-state index contributed by atoms with van der Waals surface area (Å²) >= 11 is 3.19. The molecule has 0 aliphatic carbocycles. The molecule has 3 saturated heterocycles. The second-order valence-electron chi connectivity index (χ2n) is 9.26. The normalized spacial score (nSPS) is 29.1. The zero-order valence-corrected chi connectivity index (χ0v) is 22.0. The van der Waals surface area contributed by atoms with Crippen LogP contribution in [0, 0.1) is 0 Å². The monoisotopic (exact) mass is 595 g/mol. The van der Waals surface area contributed by atoms with Gasteiger partial charge in [-0.2, -0.15) is 0 Å². The Balaban J connectivity index is 0.000000540. The van der Waals surface area contributed by atoms with Gasteiger partial charge in [-0.1, -0.05) is 0 Å². The van der Waals surface area contributed by atoms with Crippen molar-refractivity contribution in [3.63, 3.8) is 0 Å². The summed E-state index contributed by atoms with van der Waals surface area (Å²) in [7, 11) is -6.00. The summed E-state index contributed by atoms with van der Waals surface area (Å²) in [5.74, 6) is 0. The van der Waals surface area contributed by atoms with E-state index in [1.54, 1.807) is 0 Å². The summed E-state index contributed by atoms with van der Waals surface area (Å²) in [6.07, 6.45) is -0.975. The Morgan fingerprint density at radius 1 is 0.684 bits per heavy atom. The standard InChI is InChI=1S/C27H26NO4Se.BF4/c33-23-14-8-7-13-20(23)15-28-21-16-29-26(18-9-3-1-4-10-18)31-24(21)25-22(28)17-30-27(32-25)19-11-5-2-6-12-19;2-1(3,4)5/h1-14,21-22,24-27H,15-17H2;/q+1;-1/t21-,22-,24+,25+,26?,27?;/m0./s1. The number of benzene rings is 3. The maximum atomic E-state index is 9.75. The van der Waals surface area contributed by atoms with Gasteiger partial charge in [0.2, 0.25) is 0 Å². The Morgan fingerprint density at radius 3 is 1.55 bits per heavy atom. The third-order valence-electron chi connectivity index (χ3n) is 6.80. The molecular formula is C27H26BF4NO4Se. The van der Waals surface area contributed by atoms with Crippen LogP contribution in [-0.4, -0.2) is 65.7 Å². The molecule has 0 N–H and O–H groups in total. The van der Waals surface area contributed by atoms with Crippen LogP contribution in [0.25, 0.3) is 0 Å². The van der Waals surface area contributed by atoms with Crippen LogP contribution < -0.4 is 4.46 Å². The van der Waals surface area contributed by atoms with E-state index in [9.17, 15) is 17.3 Å². The van der Waals surface area contributed by atoms with Crippen molar-refractivity contribution < 1.29 is 36.2 Å². The average molecular weight is 594 g/mol. The Kier molecular flexibility index (Phi) is 8.54. The van der Waals surface area contributed by atoms with Crippen LogP contribution in [0.2, 0.25) is 0 Å². The fraction of sp³-hybridized carbons (Fsp3) is 0.333. The van der Waals surface area contributed by atoms with E-state index in [1.165, 1.54) is 5.56 Å². The number of hydrogen-bond donors (Lipinski definition) is 0. The van der Waals surface area contributed by atoms with Crippen molar-refractivity contribution in [1.82, 2.24) is 4.90 Å². The molecule has 3 heterocycles. The molecule has 3 aliphatic heterocycles. The molecular weight excluding hydrogens is 568 g/mol. The van der Waals surface area contributed by atoms with Gasteiger partial charge < -0.3 is 17.3 Å². The Labute approximate surface area is 226 Å². The molecule has 2 radical (unpaired) electrons. The molecule has 3 aromatic carbocycles. The molecule has 6 rings (SSSR count). The van der Waals surface area contributed by atoms with E-state index in [2.05, 4.69) is 69.4 Å². The van der Waals surface area contributed by atoms with E-state index in [0.29, 0.717) is 13.2 Å². The summed E-state index contributed by atoms with van der Waals surface area (Å²) in [5.41, 5.74) is 3.32. The fourth-order valence-corrected chi connectivity index (χ4v) is 5.59. The van der Waals surface area contributed by atoms with E-state index in [4.69, 9.17) is 18.9 Å². The fourth-order valence-electron chi connectivity index (χ4n) is 5.15. The van der Waals surface area contributed by atoms with Crippen molar-refractivity contribution in [1.29, 1.82) is 0 Å². The first-order valence-corrected chi connectivity index (χ1v) is 13.2. The predicted octanol–water partition coefficient (Wildman–Crippen LogP) is 4.56. The first kappa shape index (κ1) is 27.3. The van der Waals surface area contributed by atoms with Gasteiger partial charge in [-0.3, -0.25) is 0 Å². The molecule has 5 nitrogen and oxygen atoms in total. The topological polar surface area (TPSA) is 40.2 Å². The van der Waals surface area contributed by atoms with Gasteiger partial charge >= 0.3 is 210 Å². The van der Waals surface area contributed by atoms with Gasteiger partial charge in [0.15, 0.2) is 0 Å². The van der Waals surface area contributed by atoms with Crippen molar-refractivity contribution in [2.75, 3.05) is 13.2 Å². The average Bonchev–Trinajstić information content (AvgIpc) is 3.22. The van der Waals surface area contributed by atoms with Crippen molar-refractivity contribution in [2.24, 2.45) is 0 Å².